The molecule has 0 saturated carbocycles. The van der Waals surface area contributed by atoms with E-state index in [9.17, 15) is 4.79 Å². The zero-order valence-electron chi connectivity index (χ0n) is 11.5. The maximum atomic E-state index is 12.3. The molecule has 0 aliphatic carbocycles. The van der Waals surface area contributed by atoms with Crippen LogP contribution in [0, 0.1) is 0 Å². The van der Waals surface area contributed by atoms with Crippen LogP contribution in [0.5, 0.6) is 0 Å². The standard InChI is InChI=1S/C17H18N2O/c1-19(15-8-3-2-4-9-15)17(20)12-14-11-13-7-5-6-10-16(13)18-14/h2-10,14,18H,11-12H2,1H3/t14-/m0/s1. The fourth-order valence-electron chi connectivity index (χ4n) is 2.64. The molecule has 20 heavy (non-hydrogen) atoms. The van der Waals surface area contributed by atoms with Crippen molar-refractivity contribution in [2.75, 3.05) is 17.3 Å². The van der Waals surface area contributed by atoms with Gasteiger partial charge >= 0.3 is 0 Å². The van der Waals surface area contributed by atoms with Crippen LogP contribution in [0.2, 0.25) is 0 Å². The van der Waals surface area contributed by atoms with Crippen molar-refractivity contribution in [1.29, 1.82) is 0 Å². The molecule has 1 atom stereocenters. The lowest BCUT2D eigenvalue weighted by molar-refractivity contribution is -0.118. The lowest BCUT2D eigenvalue weighted by Crippen LogP contribution is -2.31. The molecule has 0 fully saturated rings. The smallest absolute Gasteiger partial charge is 0.228 e. The highest BCUT2D eigenvalue weighted by Gasteiger charge is 2.24. The maximum Gasteiger partial charge on any atom is 0.228 e. The summed E-state index contributed by atoms with van der Waals surface area (Å²) in [6.07, 6.45) is 1.44. The quantitative estimate of drug-likeness (QED) is 0.926. The van der Waals surface area contributed by atoms with Crippen molar-refractivity contribution in [2.45, 2.75) is 18.9 Å². The van der Waals surface area contributed by atoms with Gasteiger partial charge in [-0.05, 0) is 30.2 Å². The number of carbonyl (C=O) groups is 1. The first-order valence-electron chi connectivity index (χ1n) is 6.90. The number of carbonyl (C=O) groups excluding carboxylic acids is 1. The molecule has 0 saturated heterocycles. The Morgan fingerprint density at radius 1 is 1.15 bits per heavy atom. The summed E-state index contributed by atoms with van der Waals surface area (Å²) in [7, 11) is 1.83. The van der Waals surface area contributed by atoms with Crippen molar-refractivity contribution >= 4 is 17.3 Å². The molecular formula is C17H18N2O. The van der Waals surface area contributed by atoms with Gasteiger partial charge in [-0.2, -0.15) is 0 Å². The SMILES string of the molecule is CN(C(=O)C[C@@H]1Cc2ccccc2N1)c1ccccc1. The van der Waals surface area contributed by atoms with Gasteiger partial charge in [-0.3, -0.25) is 4.79 Å². The fourth-order valence-corrected chi connectivity index (χ4v) is 2.64. The minimum Gasteiger partial charge on any atom is -0.381 e. The molecular weight excluding hydrogens is 248 g/mol. The molecule has 0 aromatic heterocycles. The number of nitrogens with one attached hydrogen (secondary N) is 1. The Bertz CT molecular complexity index is 584. The van der Waals surface area contributed by atoms with Gasteiger partial charge < -0.3 is 10.2 Å². The minimum absolute atomic E-state index is 0.140. The van der Waals surface area contributed by atoms with Gasteiger partial charge in [0, 0.05) is 30.9 Å². The summed E-state index contributed by atoms with van der Waals surface area (Å²) in [5.41, 5.74) is 3.40. The third-order valence-electron chi connectivity index (χ3n) is 3.78. The first-order chi connectivity index (χ1) is 9.74. The molecule has 1 heterocycles. The topological polar surface area (TPSA) is 32.3 Å². The van der Waals surface area contributed by atoms with Crippen molar-refractivity contribution in [3.05, 3.63) is 60.2 Å². The summed E-state index contributed by atoms with van der Waals surface area (Å²) in [6, 6.07) is 18.2. The molecule has 3 heteroatoms. The van der Waals surface area contributed by atoms with Gasteiger partial charge in [0.25, 0.3) is 0 Å². The predicted octanol–water partition coefficient (Wildman–Crippen LogP) is 3.08. The van der Waals surface area contributed by atoms with Crippen LogP contribution in [0.4, 0.5) is 11.4 Å². The number of anilines is 2. The van der Waals surface area contributed by atoms with Crippen molar-refractivity contribution in [3.63, 3.8) is 0 Å². The van der Waals surface area contributed by atoms with Gasteiger partial charge in [0.15, 0.2) is 0 Å². The summed E-state index contributed by atoms with van der Waals surface area (Å²) in [4.78, 5) is 14.1. The number of benzene rings is 2. The van der Waals surface area contributed by atoms with E-state index in [-0.39, 0.29) is 11.9 Å². The van der Waals surface area contributed by atoms with Crippen molar-refractivity contribution in [1.82, 2.24) is 0 Å². The summed E-state index contributed by atoms with van der Waals surface area (Å²) < 4.78 is 0. The zero-order chi connectivity index (χ0) is 13.9. The summed E-state index contributed by atoms with van der Waals surface area (Å²) in [5, 5.41) is 3.42. The van der Waals surface area contributed by atoms with Gasteiger partial charge in [0.2, 0.25) is 5.91 Å². The van der Waals surface area contributed by atoms with Gasteiger partial charge in [-0.1, -0.05) is 36.4 Å². The predicted molar refractivity (Wildman–Crippen MR) is 82.0 cm³/mol. The van der Waals surface area contributed by atoms with E-state index in [1.54, 1.807) is 4.90 Å². The van der Waals surface area contributed by atoms with E-state index in [1.165, 1.54) is 5.56 Å². The molecule has 1 aliphatic rings. The van der Waals surface area contributed by atoms with Crippen LogP contribution in [0.15, 0.2) is 54.6 Å². The largest absolute Gasteiger partial charge is 0.381 e. The monoisotopic (exact) mass is 266 g/mol. The number of nitrogens with zero attached hydrogens (tertiary/aromatic N) is 1. The number of para-hydroxylation sites is 2. The minimum atomic E-state index is 0.140. The fraction of sp³-hybridized carbons (Fsp3) is 0.235. The second-order valence-electron chi connectivity index (χ2n) is 5.19. The normalized spacial score (nSPS) is 16.4. The summed E-state index contributed by atoms with van der Waals surface area (Å²) in [6.45, 7) is 0. The average Bonchev–Trinajstić information content (AvgIpc) is 2.89. The van der Waals surface area contributed by atoms with Gasteiger partial charge in [0.05, 0.1) is 0 Å². The van der Waals surface area contributed by atoms with Crippen LogP contribution in [-0.4, -0.2) is 19.0 Å². The van der Waals surface area contributed by atoms with Crippen molar-refractivity contribution in [2.24, 2.45) is 0 Å². The Kier molecular flexibility index (Phi) is 3.42. The molecule has 3 rings (SSSR count). The molecule has 3 nitrogen and oxygen atoms in total. The molecule has 1 amide bonds. The number of hydrogen-bond donors (Lipinski definition) is 1. The van der Waals surface area contributed by atoms with Crippen LogP contribution in [0.3, 0.4) is 0 Å². The lowest BCUT2D eigenvalue weighted by atomic mass is 10.1. The molecule has 0 spiro atoms. The van der Waals surface area contributed by atoms with E-state index >= 15 is 0 Å². The second kappa shape index (κ2) is 5.37. The highest BCUT2D eigenvalue weighted by molar-refractivity contribution is 5.93. The van der Waals surface area contributed by atoms with Crippen LogP contribution >= 0.6 is 0 Å². The molecule has 0 unspecified atom stereocenters. The Morgan fingerprint density at radius 2 is 1.85 bits per heavy atom. The molecule has 0 radical (unpaired) electrons. The third kappa shape index (κ3) is 2.52. The number of hydrogen-bond acceptors (Lipinski definition) is 2. The first-order valence-corrected chi connectivity index (χ1v) is 6.90. The number of fused-ring (bicyclic) bond motifs is 1. The van der Waals surface area contributed by atoms with E-state index in [2.05, 4.69) is 17.4 Å². The van der Waals surface area contributed by atoms with Gasteiger partial charge in [0.1, 0.15) is 0 Å². The van der Waals surface area contributed by atoms with E-state index < -0.39 is 0 Å². The Labute approximate surface area is 119 Å². The highest BCUT2D eigenvalue weighted by Crippen LogP contribution is 2.27. The van der Waals surface area contributed by atoms with E-state index in [0.717, 1.165) is 17.8 Å². The third-order valence-corrected chi connectivity index (χ3v) is 3.78. The Morgan fingerprint density at radius 3 is 2.60 bits per heavy atom. The first kappa shape index (κ1) is 12.7. The van der Waals surface area contributed by atoms with Crippen molar-refractivity contribution < 1.29 is 4.79 Å². The highest BCUT2D eigenvalue weighted by atomic mass is 16.2. The Balaban J connectivity index is 1.64. The van der Waals surface area contributed by atoms with E-state index in [1.807, 2.05) is 49.5 Å². The van der Waals surface area contributed by atoms with E-state index in [0.29, 0.717) is 6.42 Å². The second-order valence-corrected chi connectivity index (χ2v) is 5.19. The van der Waals surface area contributed by atoms with Crippen molar-refractivity contribution in [3.8, 4) is 0 Å². The number of rotatable bonds is 3. The number of amides is 1. The maximum absolute atomic E-state index is 12.3. The molecule has 102 valence electrons. The van der Waals surface area contributed by atoms with Crippen LogP contribution in [0.25, 0.3) is 0 Å². The average molecular weight is 266 g/mol. The summed E-state index contributed by atoms with van der Waals surface area (Å²) >= 11 is 0. The van der Waals surface area contributed by atoms with Gasteiger partial charge in [-0.25, -0.2) is 0 Å². The molecule has 1 aliphatic heterocycles. The van der Waals surface area contributed by atoms with Crippen LogP contribution in [0.1, 0.15) is 12.0 Å². The van der Waals surface area contributed by atoms with Crippen LogP contribution < -0.4 is 10.2 Å². The van der Waals surface area contributed by atoms with E-state index in [4.69, 9.17) is 0 Å². The molecule has 1 N–H and O–H groups in total. The summed E-state index contributed by atoms with van der Waals surface area (Å²) in [5.74, 6) is 0.140. The lowest BCUT2D eigenvalue weighted by Gasteiger charge is -2.19. The molecule has 0 bridgehead atoms. The van der Waals surface area contributed by atoms with Gasteiger partial charge in [-0.15, -0.1) is 0 Å². The molecule has 2 aromatic rings. The Hall–Kier alpha value is -2.29. The molecule has 2 aromatic carbocycles. The van der Waals surface area contributed by atoms with Crippen LogP contribution in [-0.2, 0) is 11.2 Å². The zero-order valence-corrected chi connectivity index (χ0v) is 11.5.